The van der Waals surface area contributed by atoms with Crippen LogP contribution in [0.3, 0.4) is 0 Å². The molecule has 4 nitrogen and oxygen atoms in total. The van der Waals surface area contributed by atoms with Crippen LogP contribution in [0.15, 0.2) is 179 Å². The molecule has 4 heteroatoms. The van der Waals surface area contributed by atoms with Gasteiger partial charge in [-0.3, -0.25) is 0 Å². The first-order chi connectivity index (χ1) is 24.8. The van der Waals surface area contributed by atoms with Crippen molar-refractivity contribution in [2.75, 3.05) is 0 Å². The Morgan fingerprint density at radius 3 is 1.64 bits per heavy atom. The highest BCUT2D eigenvalue weighted by molar-refractivity contribution is 6.20. The maximum absolute atomic E-state index is 6.77. The van der Waals surface area contributed by atoms with Crippen LogP contribution in [0.5, 0.6) is 0 Å². The van der Waals surface area contributed by atoms with Crippen LogP contribution in [0, 0.1) is 0 Å². The third-order valence-corrected chi connectivity index (χ3v) is 9.54. The van der Waals surface area contributed by atoms with E-state index >= 15 is 0 Å². The normalized spacial score (nSPS) is 11.6. The average molecular weight is 641 g/mol. The van der Waals surface area contributed by atoms with Crippen LogP contribution in [0.1, 0.15) is 0 Å². The Labute approximate surface area is 287 Å². The number of hydrogen-bond acceptors (Lipinski definition) is 4. The summed E-state index contributed by atoms with van der Waals surface area (Å²) < 4.78 is 13.1. The van der Waals surface area contributed by atoms with E-state index in [-0.39, 0.29) is 0 Å². The molecule has 0 saturated heterocycles. The van der Waals surface area contributed by atoms with Gasteiger partial charge in [-0.05, 0) is 47.0 Å². The van der Waals surface area contributed by atoms with Crippen molar-refractivity contribution in [1.29, 1.82) is 0 Å². The van der Waals surface area contributed by atoms with Gasteiger partial charge in [0.25, 0.3) is 0 Å². The standard InChI is InChI=1S/C46H28N2O2/c1-3-14-29(15-4-1)31-18-7-8-19-32(31)38-28-39(48-46(47-38)30-16-5-2-6-17-30)35-27-26-34(45-44(35)37-21-10-12-24-41(37)50-45)33-22-13-25-42-43(33)36-20-9-11-23-40(36)49-42/h1-28H. The molecule has 0 amide bonds. The van der Waals surface area contributed by atoms with E-state index in [4.69, 9.17) is 18.8 Å². The summed E-state index contributed by atoms with van der Waals surface area (Å²) in [6.07, 6.45) is 0. The highest BCUT2D eigenvalue weighted by Crippen LogP contribution is 2.45. The second-order valence-corrected chi connectivity index (χ2v) is 12.5. The van der Waals surface area contributed by atoms with Gasteiger partial charge in [0.2, 0.25) is 0 Å². The molecular weight excluding hydrogens is 613 g/mol. The zero-order chi connectivity index (χ0) is 33.0. The molecule has 0 radical (unpaired) electrons. The predicted octanol–water partition coefficient (Wildman–Crippen LogP) is 12.6. The third kappa shape index (κ3) is 4.54. The van der Waals surface area contributed by atoms with Gasteiger partial charge in [0.05, 0.1) is 11.4 Å². The quantitative estimate of drug-likeness (QED) is 0.188. The van der Waals surface area contributed by atoms with Gasteiger partial charge >= 0.3 is 0 Å². The van der Waals surface area contributed by atoms with E-state index in [2.05, 4.69) is 115 Å². The summed E-state index contributed by atoms with van der Waals surface area (Å²) in [5.74, 6) is 0.667. The van der Waals surface area contributed by atoms with Gasteiger partial charge in [-0.15, -0.1) is 0 Å². The lowest BCUT2D eigenvalue weighted by Gasteiger charge is -2.14. The molecule has 0 aliphatic rings. The molecule has 0 atom stereocenters. The fourth-order valence-corrected chi connectivity index (χ4v) is 7.27. The Bertz CT molecular complexity index is 2870. The topological polar surface area (TPSA) is 52.1 Å². The molecule has 0 bridgehead atoms. The average Bonchev–Trinajstić information content (AvgIpc) is 3.77. The van der Waals surface area contributed by atoms with Crippen molar-refractivity contribution in [3.63, 3.8) is 0 Å². The van der Waals surface area contributed by atoms with E-state index in [1.165, 1.54) is 0 Å². The first-order valence-corrected chi connectivity index (χ1v) is 16.7. The Hall–Kier alpha value is -6.78. The van der Waals surface area contributed by atoms with Gasteiger partial charge in [0.1, 0.15) is 22.3 Å². The number of para-hydroxylation sites is 2. The Kier molecular flexibility index (Phi) is 6.46. The van der Waals surface area contributed by atoms with E-state index in [0.29, 0.717) is 5.82 Å². The number of nitrogens with zero attached hydrogens (tertiary/aromatic N) is 2. The fraction of sp³-hybridized carbons (Fsp3) is 0. The Morgan fingerprint density at radius 1 is 0.340 bits per heavy atom. The van der Waals surface area contributed by atoms with E-state index in [1.807, 2.05) is 54.6 Å². The van der Waals surface area contributed by atoms with Crippen LogP contribution in [-0.2, 0) is 0 Å². The molecule has 0 N–H and O–H groups in total. The number of hydrogen-bond donors (Lipinski definition) is 0. The predicted molar refractivity (Wildman–Crippen MR) is 204 cm³/mol. The minimum atomic E-state index is 0.667. The van der Waals surface area contributed by atoms with Crippen LogP contribution in [0.2, 0.25) is 0 Å². The van der Waals surface area contributed by atoms with Crippen molar-refractivity contribution in [2.45, 2.75) is 0 Å². The summed E-state index contributed by atoms with van der Waals surface area (Å²) >= 11 is 0. The molecule has 10 rings (SSSR count). The van der Waals surface area contributed by atoms with Crippen molar-refractivity contribution in [2.24, 2.45) is 0 Å². The molecule has 0 unspecified atom stereocenters. The molecule has 0 fully saturated rings. The number of furan rings is 2. The first kappa shape index (κ1) is 28.3. The van der Waals surface area contributed by atoms with Crippen molar-refractivity contribution >= 4 is 43.9 Å². The molecule has 0 spiro atoms. The van der Waals surface area contributed by atoms with Crippen molar-refractivity contribution in [3.8, 4) is 56.2 Å². The summed E-state index contributed by atoms with van der Waals surface area (Å²) in [6, 6.07) is 58.3. The maximum Gasteiger partial charge on any atom is 0.160 e. The zero-order valence-corrected chi connectivity index (χ0v) is 26.9. The highest BCUT2D eigenvalue weighted by atomic mass is 16.3. The molecule has 10 aromatic rings. The van der Waals surface area contributed by atoms with Crippen LogP contribution in [-0.4, -0.2) is 9.97 Å². The second-order valence-electron chi connectivity index (χ2n) is 12.5. The third-order valence-electron chi connectivity index (χ3n) is 9.54. The van der Waals surface area contributed by atoms with E-state index in [0.717, 1.165) is 94.2 Å². The maximum atomic E-state index is 6.77. The minimum absolute atomic E-state index is 0.667. The van der Waals surface area contributed by atoms with Gasteiger partial charge in [-0.1, -0.05) is 140 Å². The van der Waals surface area contributed by atoms with Crippen molar-refractivity contribution in [3.05, 3.63) is 170 Å². The lowest BCUT2D eigenvalue weighted by Crippen LogP contribution is -1.97. The number of rotatable bonds is 5. The summed E-state index contributed by atoms with van der Waals surface area (Å²) in [7, 11) is 0. The zero-order valence-electron chi connectivity index (χ0n) is 26.9. The highest BCUT2D eigenvalue weighted by Gasteiger charge is 2.22. The molecule has 7 aromatic carbocycles. The first-order valence-electron chi connectivity index (χ1n) is 16.7. The summed E-state index contributed by atoms with van der Waals surface area (Å²) in [6.45, 7) is 0. The summed E-state index contributed by atoms with van der Waals surface area (Å²) in [4.78, 5) is 10.4. The second kappa shape index (κ2) is 11.4. The summed E-state index contributed by atoms with van der Waals surface area (Å²) in [5.41, 5.74) is 12.3. The Balaban J connectivity index is 1.26. The monoisotopic (exact) mass is 640 g/mol. The minimum Gasteiger partial charge on any atom is -0.456 e. The molecule has 50 heavy (non-hydrogen) atoms. The lowest BCUT2D eigenvalue weighted by atomic mass is 9.93. The molecule has 0 saturated carbocycles. The number of fused-ring (bicyclic) bond motifs is 6. The molecular formula is C46H28N2O2. The molecule has 3 heterocycles. The number of benzene rings is 7. The van der Waals surface area contributed by atoms with Gasteiger partial charge in [0, 0.05) is 43.8 Å². The molecule has 234 valence electrons. The lowest BCUT2D eigenvalue weighted by molar-refractivity contribution is 0.668. The van der Waals surface area contributed by atoms with Crippen LogP contribution < -0.4 is 0 Å². The summed E-state index contributed by atoms with van der Waals surface area (Å²) in [5, 5.41) is 4.21. The van der Waals surface area contributed by atoms with Crippen LogP contribution in [0.4, 0.5) is 0 Å². The van der Waals surface area contributed by atoms with Gasteiger partial charge in [0.15, 0.2) is 5.82 Å². The van der Waals surface area contributed by atoms with Crippen molar-refractivity contribution < 1.29 is 8.83 Å². The number of aromatic nitrogens is 2. The van der Waals surface area contributed by atoms with Crippen molar-refractivity contribution in [1.82, 2.24) is 9.97 Å². The van der Waals surface area contributed by atoms with E-state index in [9.17, 15) is 0 Å². The molecule has 0 aliphatic carbocycles. The fourth-order valence-electron chi connectivity index (χ4n) is 7.27. The van der Waals surface area contributed by atoms with Gasteiger partial charge in [-0.25, -0.2) is 9.97 Å². The van der Waals surface area contributed by atoms with Gasteiger partial charge < -0.3 is 8.83 Å². The van der Waals surface area contributed by atoms with E-state index in [1.54, 1.807) is 0 Å². The smallest absolute Gasteiger partial charge is 0.160 e. The van der Waals surface area contributed by atoms with Crippen LogP contribution in [0.25, 0.3) is 100 Å². The van der Waals surface area contributed by atoms with Crippen LogP contribution >= 0.6 is 0 Å². The Morgan fingerprint density at radius 2 is 0.880 bits per heavy atom. The van der Waals surface area contributed by atoms with Gasteiger partial charge in [-0.2, -0.15) is 0 Å². The molecule has 0 aliphatic heterocycles. The molecule has 3 aromatic heterocycles. The SMILES string of the molecule is c1ccc(-c2nc(-c3ccccc3-c3ccccc3)cc(-c3ccc(-c4cccc5oc6ccccc6c45)c4oc5ccccc5c34)n2)cc1. The largest absolute Gasteiger partial charge is 0.456 e. The van der Waals surface area contributed by atoms with E-state index < -0.39 is 0 Å².